The van der Waals surface area contributed by atoms with Crippen molar-refractivity contribution in [2.45, 2.75) is 27.2 Å². The van der Waals surface area contributed by atoms with E-state index in [0.717, 1.165) is 0 Å². The molecule has 1 rings (SSSR count). The molecule has 0 bridgehead atoms. The summed E-state index contributed by atoms with van der Waals surface area (Å²) in [5.41, 5.74) is 0.226. The third-order valence-corrected chi connectivity index (χ3v) is 1.92. The van der Waals surface area contributed by atoms with Gasteiger partial charge >= 0.3 is 11.9 Å². The van der Waals surface area contributed by atoms with E-state index in [9.17, 15) is 9.59 Å². The topological polar surface area (TPSA) is 78.4 Å². The molecule has 6 heteroatoms. The van der Waals surface area contributed by atoms with Crippen molar-refractivity contribution in [3.63, 3.8) is 0 Å². The molecule has 0 N–H and O–H groups in total. The Bertz CT molecular complexity index is 363. The molecule has 0 spiro atoms. The number of nitrogens with zero attached hydrogens (tertiary/aromatic N) is 2. The molecule has 0 aliphatic carbocycles. The number of carbonyl (C=O) groups is 2. The molecule has 0 saturated heterocycles. The SMILES string of the molecule is C.CCOC(=O)C(C(=O)OCC)c1cnccn1. The minimum atomic E-state index is -1.16. The Hall–Kier alpha value is -1.98. The van der Waals surface area contributed by atoms with E-state index < -0.39 is 17.9 Å². The van der Waals surface area contributed by atoms with Crippen LogP contribution in [0.3, 0.4) is 0 Å². The van der Waals surface area contributed by atoms with Crippen molar-refractivity contribution >= 4 is 11.9 Å². The highest BCUT2D eigenvalue weighted by molar-refractivity contribution is 6.00. The second kappa shape index (κ2) is 8.16. The lowest BCUT2D eigenvalue weighted by Gasteiger charge is -2.13. The molecule has 0 amide bonds. The van der Waals surface area contributed by atoms with Crippen molar-refractivity contribution in [3.8, 4) is 0 Å². The van der Waals surface area contributed by atoms with Crippen molar-refractivity contribution in [1.29, 1.82) is 0 Å². The summed E-state index contributed by atoms with van der Waals surface area (Å²) in [5, 5.41) is 0. The molecule has 18 heavy (non-hydrogen) atoms. The van der Waals surface area contributed by atoms with E-state index >= 15 is 0 Å². The summed E-state index contributed by atoms with van der Waals surface area (Å²) in [5.74, 6) is -2.51. The molecule has 0 fully saturated rings. The van der Waals surface area contributed by atoms with Crippen LogP contribution in [-0.4, -0.2) is 35.1 Å². The normalized spacial score (nSPS) is 9.50. The Balaban J connectivity index is 0.00000289. The van der Waals surface area contributed by atoms with Gasteiger partial charge in [-0.15, -0.1) is 0 Å². The maximum atomic E-state index is 11.7. The smallest absolute Gasteiger partial charge is 0.326 e. The number of carbonyl (C=O) groups excluding carboxylic acids is 2. The minimum Gasteiger partial charge on any atom is -0.465 e. The van der Waals surface area contributed by atoms with Gasteiger partial charge in [0.25, 0.3) is 0 Å². The van der Waals surface area contributed by atoms with Gasteiger partial charge in [0, 0.05) is 18.6 Å². The first-order chi connectivity index (χ1) is 8.20. The lowest BCUT2D eigenvalue weighted by molar-refractivity contribution is -0.157. The maximum Gasteiger partial charge on any atom is 0.326 e. The standard InChI is InChI=1S/C11H14N2O4.CH4/c1-3-16-10(14)9(11(15)17-4-2)8-7-12-5-6-13-8;/h5-7,9H,3-4H2,1-2H3;1H4. The summed E-state index contributed by atoms with van der Waals surface area (Å²) in [4.78, 5) is 31.1. The third kappa shape index (κ3) is 4.12. The van der Waals surface area contributed by atoms with E-state index in [1.807, 2.05) is 0 Å². The number of hydrogen-bond donors (Lipinski definition) is 0. The summed E-state index contributed by atoms with van der Waals surface area (Å²) < 4.78 is 9.64. The molecule has 1 heterocycles. The molecule has 1 aromatic rings. The molecule has 1 aromatic heterocycles. The van der Waals surface area contributed by atoms with E-state index in [1.165, 1.54) is 18.6 Å². The van der Waals surface area contributed by atoms with Gasteiger partial charge < -0.3 is 9.47 Å². The predicted molar refractivity (Wildman–Crippen MR) is 64.8 cm³/mol. The van der Waals surface area contributed by atoms with Gasteiger partial charge in [0.2, 0.25) is 0 Å². The zero-order valence-corrected chi connectivity index (χ0v) is 9.75. The first-order valence-corrected chi connectivity index (χ1v) is 5.29. The average molecular weight is 254 g/mol. The van der Waals surface area contributed by atoms with Crippen LogP contribution in [0.1, 0.15) is 32.9 Å². The maximum absolute atomic E-state index is 11.7. The third-order valence-electron chi connectivity index (χ3n) is 1.92. The largest absolute Gasteiger partial charge is 0.465 e. The molecule has 6 nitrogen and oxygen atoms in total. The van der Waals surface area contributed by atoms with Gasteiger partial charge in [-0.1, -0.05) is 7.43 Å². The number of rotatable bonds is 5. The summed E-state index contributed by atoms with van der Waals surface area (Å²) in [6.45, 7) is 3.71. The zero-order valence-electron chi connectivity index (χ0n) is 9.75. The van der Waals surface area contributed by atoms with Crippen molar-refractivity contribution in [3.05, 3.63) is 24.3 Å². The average Bonchev–Trinajstić information content (AvgIpc) is 2.31. The summed E-state index contributed by atoms with van der Waals surface area (Å²) in [7, 11) is 0. The van der Waals surface area contributed by atoms with Gasteiger partial charge in [-0.25, -0.2) is 0 Å². The Morgan fingerprint density at radius 1 is 1.17 bits per heavy atom. The van der Waals surface area contributed by atoms with Gasteiger partial charge in [0.15, 0.2) is 5.92 Å². The molecular formula is C12H18N2O4. The lowest BCUT2D eigenvalue weighted by atomic mass is 10.1. The first kappa shape index (κ1) is 16.0. The van der Waals surface area contributed by atoms with E-state index in [2.05, 4.69) is 9.97 Å². The second-order valence-corrected chi connectivity index (χ2v) is 3.07. The molecule has 0 saturated carbocycles. The highest BCUT2D eigenvalue weighted by atomic mass is 16.6. The minimum absolute atomic E-state index is 0. The van der Waals surface area contributed by atoms with Crippen molar-refractivity contribution in [1.82, 2.24) is 9.97 Å². The Labute approximate surface area is 106 Å². The first-order valence-electron chi connectivity index (χ1n) is 5.29. The Morgan fingerprint density at radius 3 is 2.11 bits per heavy atom. The van der Waals surface area contributed by atoms with Crippen LogP contribution in [-0.2, 0) is 19.1 Å². The molecule has 0 radical (unpaired) electrons. The molecule has 0 aliphatic heterocycles. The summed E-state index contributed by atoms with van der Waals surface area (Å²) in [6, 6.07) is 0. The zero-order chi connectivity index (χ0) is 12.7. The van der Waals surface area contributed by atoms with Crippen LogP contribution in [0.15, 0.2) is 18.6 Å². The van der Waals surface area contributed by atoms with E-state index in [4.69, 9.17) is 9.47 Å². The van der Waals surface area contributed by atoms with Gasteiger partial charge in [-0.2, -0.15) is 0 Å². The Morgan fingerprint density at radius 2 is 1.72 bits per heavy atom. The monoisotopic (exact) mass is 254 g/mol. The predicted octanol–water partition coefficient (Wildman–Crippen LogP) is 1.32. The molecule has 0 aliphatic rings. The van der Waals surface area contributed by atoms with Crippen LogP contribution in [0.4, 0.5) is 0 Å². The fraction of sp³-hybridized carbons (Fsp3) is 0.500. The van der Waals surface area contributed by atoms with Crippen LogP contribution in [0.25, 0.3) is 0 Å². The van der Waals surface area contributed by atoms with Crippen LogP contribution in [0.2, 0.25) is 0 Å². The van der Waals surface area contributed by atoms with Gasteiger partial charge in [-0.3, -0.25) is 19.6 Å². The summed E-state index contributed by atoms with van der Waals surface area (Å²) in [6.07, 6.45) is 4.20. The van der Waals surface area contributed by atoms with Gasteiger partial charge in [0.05, 0.1) is 18.9 Å². The number of aromatic nitrogens is 2. The Kier molecular flexibility index (Phi) is 7.26. The fourth-order valence-electron chi connectivity index (χ4n) is 1.25. The van der Waals surface area contributed by atoms with E-state index in [0.29, 0.717) is 0 Å². The van der Waals surface area contributed by atoms with Crippen LogP contribution in [0.5, 0.6) is 0 Å². The van der Waals surface area contributed by atoms with Gasteiger partial charge in [-0.05, 0) is 13.8 Å². The quantitative estimate of drug-likeness (QED) is 0.582. The highest BCUT2D eigenvalue weighted by Crippen LogP contribution is 2.16. The van der Waals surface area contributed by atoms with Crippen LogP contribution in [0, 0.1) is 0 Å². The van der Waals surface area contributed by atoms with Crippen molar-refractivity contribution in [2.75, 3.05) is 13.2 Å². The molecule has 0 aromatic carbocycles. The van der Waals surface area contributed by atoms with Crippen LogP contribution >= 0.6 is 0 Å². The van der Waals surface area contributed by atoms with Gasteiger partial charge in [0.1, 0.15) is 0 Å². The van der Waals surface area contributed by atoms with Crippen LogP contribution < -0.4 is 0 Å². The highest BCUT2D eigenvalue weighted by Gasteiger charge is 2.32. The van der Waals surface area contributed by atoms with Crippen molar-refractivity contribution in [2.24, 2.45) is 0 Å². The second-order valence-electron chi connectivity index (χ2n) is 3.07. The summed E-state index contributed by atoms with van der Waals surface area (Å²) >= 11 is 0. The lowest BCUT2D eigenvalue weighted by Crippen LogP contribution is -2.27. The van der Waals surface area contributed by atoms with E-state index in [1.54, 1.807) is 13.8 Å². The molecule has 0 atom stereocenters. The van der Waals surface area contributed by atoms with E-state index in [-0.39, 0.29) is 26.3 Å². The molecular weight excluding hydrogens is 236 g/mol. The molecule has 0 unspecified atom stereocenters. The fourth-order valence-corrected chi connectivity index (χ4v) is 1.25. The van der Waals surface area contributed by atoms with Crippen molar-refractivity contribution < 1.29 is 19.1 Å². The number of hydrogen-bond acceptors (Lipinski definition) is 6. The molecule has 100 valence electrons. The number of ether oxygens (including phenoxy) is 2. The number of esters is 2.